The lowest BCUT2D eigenvalue weighted by Gasteiger charge is -2.10. The van der Waals surface area contributed by atoms with Gasteiger partial charge in [0.05, 0.1) is 15.8 Å². The number of aromatic nitrogens is 3. The zero-order chi connectivity index (χ0) is 21.7. The van der Waals surface area contributed by atoms with Gasteiger partial charge in [-0.05, 0) is 43.3 Å². The van der Waals surface area contributed by atoms with Crippen molar-refractivity contribution in [3.8, 4) is 5.75 Å². The Morgan fingerprint density at radius 2 is 1.97 bits per heavy atom. The first-order valence-electron chi connectivity index (χ1n) is 8.75. The second kappa shape index (κ2) is 10.1. The SMILES string of the molecule is CCn1c(COc2ccc(F)cc2Cl)nnc1SCC(=O)Nc1ccc(F)c(Cl)c1. The number of carbonyl (C=O) groups excluding carboxylic acids is 1. The Balaban J connectivity index is 1.59. The number of rotatable bonds is 8. The van der Waals surface area contributed by atoms with E-state index in [-0.39, 0.29) is 28.3 Å². The topological polar surface area (TPSA) is 69.0 Å². The minimum absolute atomic E-state index is 0.0672. The highest BCUT2D eigenvalue weighted by atomic mass is 35.5. The molecule has 1 N–H and O–H groups in total. The largest absolute Gasteiger partial charge is 0.484 e. The Bertz CT molecular complexity index is 1070. The fourth-order valence-electron chi connectivity index (χ4n) is 2.49. The maximum absolute atomic E-state index is 13.2. The summed E-state index contributed by atoms with van der Waals surface area (Å²) in [5.41, 5.74) is 0.397. The molecule has 6 nitrogen and oxygen atoms in total. The minimum atomic E-state index is -0.559. The maximum Gasteiger partial charge on any atom is 0.234 e. The van der Waals surface area contributed by atoms with Crippen LogP contribution in [0.25, 0.3) is 0 Å². The first-order chi connectivity index (χ1) is 14.4. The highest BCUT2D eigenvalue weighted by molar-refractivity contribution is 7.99. The van der Waals surface area contributed by atoms with Crippen molar-refractivity contribution in [3.63, 3.8) is 0 Å². The summed E-state index contributed by atoms with van der Waals surface area (Å²) in [7, 11) is 0. The number of carbonyl (C=O) groups is 1. The van der Waals surface area contributed by atoms with E-state index in [4.69, 9.17) is 27.9 Å². The molecule has 158 valence electrons. The molecule has 0 fully saturated rings. The number of ether oxygens (including phenoxy) is 1. The number of nitrogens with one attached hydrogen (secondary N) is 1. The third-order valence-electron chi connectivity index (χ3n) is 3.90. The van der Waals surface area contributed by atoms with Crippen LogP contribution in [-0.4, -0.2) is 26.4 Å². The maximum atomic E-state index is 13.2. The lowest BCUT2D eigenvalue weighted by molar-refractivity contribution is -0.113. The first-order valence-corrected chi connectivity index (χ1v) is 10.5. The summed E-state index contributed by atoms with van der Waals surface area (Å²) in [6, 6.07) is 7.79. The predicted octanol–water partition coefficient (Wildman–Crippen LogP) is 5.19. The van der Waals surface area contributed by atoms with Gasteiger partial charge >= 0.3 is 0 Å². The van der Waals surface area contributed by atoms with Crippen molar-refractivity contribution < 1.29 is 18.3 Å². The first kappa shape index (κ1) is 22.3. The van der Waals surface area contributed by atoms with E-state index in [1.807, 2.05) is 6.92 Å². The highest BCUT2D eigenvalue weighted by Gasteiger charge is 2.15. The van der Waals surface area contributed by atoms with Gasteiger partial charge in [-0.15, -0.1) is 10.2 Å². The smallest absolute Gasteiger partial charge is 0.234 e. The number of hydrogen-bond donors (Lipinski definition) is 1. The molecule has 1 aromatic heterocycles. The van der Waals surface area contributed by atoms with Crippen LogP contribution in [-0.2, 0) is 17.9 Å². The van der Waals surface area contributed by atoms with Gasteiger partial charge in [-0.3, -0.25) is 4.79 Å². The van der Waals surface area contributed by atoms with Gasteiger partial charge in [0.2, 0.25) is 5.91 Å². The van der Waals surface area contributed by atoms with E-state index in [1.54, 1.807) is 4.57 Å². The third kappa shape index (κ3) is 5.62. The van der Waals surface area contributed by atoms with Crippen LogP contribution >= 0.6 is 35.0 Å². The quantitative estimate of drug-likeness (QED) is 0.456. The number of hydrogen-bond acceptors (Lipinski definition) is 5. The molecular weight excluding hydrogens is 457 g/mol. The van der Waals surface area contributed by atoms with Crippen molar-refractivity contribution in [1.29, 1.82) is 0 Å². The van der Waals surface area contributed by atoms with Crippen LogP contribution in [0.1, 0.15) is 12.7 Å². The molecule has 0 saturated carbocycles. The van der Waals surface area contributed by atoms with E-state index < -0.39 is 11.6 Å². The van der Waals surface area contributed by atoms with Crippen LogP contribution in [0.2, 0.25) is 10.0 Å². The molecule has 30 heavy (non-hydrogen) atoms. The van der Waals surface area contributed by atoms with Crippen molar-refractivity contribution >= 4 is 46.6 Å². The molecule has 3 aromatic rings. The number of nitrogens with zero attached hydrogens (tertiary/aromatic N) is 3. The predicted molar refractivity (Wildman–Crippen MR) is 112 cm³/mol. The molecule has 0 aliphatic rings. The van der Waals surface area contributed by atoms with E-state index in [9.17, 15) is 13.6 Å². The molecule has 3 rings (SSSR count). The zero-order valence-electron chi connectivity index (χ0n) is 15.7. The summed E-state index contributed by atoms with van der Waals surface area (Å²) in [6.07, 6.45) is 0. The van der Waals surface area contributed by atoms with Crippen LogP contribution in [0.15, 0.2) is 41.6 Å². The van der Waals surface area contributed by atoms with Gasteiger partial charge < -0.3 is 14.6 Å². The average molecular weight is 473 g/mol. The van der Waals surface area contributed by atoms with Crippen LogP contribution in [0, 0.1) is 11.6 Å². The summed E-state index contributed by atoms with van der Waals surface area (Å²) < 4.78 is 33.7. The molecule has 1 heterocycles. The molecule has 0 unspecified atom stereocenters. The van der Waals surface area contributed by atoms with Gasteiger partial charge in [-0.2, -0.15) is 0 Å². The van der Waals surface area contributed by atoms with Crippen molar-refractivity contribution in [2.45, 2.75) is 25.2 Å². The molecular formula is C19H16Cl2F2N4O2S. The Hall–Kier alpha value is -2.36. The molecule has 11 heteroatoms. The van der Waals surface area contributed by atoms with E-state index in [0.717, 1.165) is 6.07 Å². The average Bonchev–Trinajstić information content (AvgIpc) is 3.10. The van der Waals surface area contributed by atoms with Gasteiger partial charge in [0, 0.05) is 12.2 Å². The Morgan fingerprint density at radius 1 is 1.17 bits per heavy atom. The fraction of sp³-hybridized carbons (Fsp3) is 0.211. The number of anilines is 1. The number of halogens is 4. The molecule has 0 radical (unpaired) electrons. The lowest BCUT2D eigenvalue weighted by atomic mass is 10.3. The third-order valence-corrected chi connectivity index (χ3v) is 5.45. The fourth-order valence-corrected chi connectivity index (χ4v) is 3.71. The van der Waals surface area contributed by atoms with Gasteiger partial charge in [-0.1, -0.05) is 35.0 Å². The summed E-state index contributed by atoms with van der Waals surface area (Å²) >= 11 is 12.9. The normalized spacial score (nSPS) is 10.8. The molecule has 0 atom stereocenters. The van der Waals surface area contributed by atoms with E-state index >= 15 is 0 Å². The minimum Gasteiger partial charge on any atom is -0.484 e. The standard InChI is InChI=1S/C19H16Cl2F2N4O2S/c1-2-27-17(9-29-16-6-3-11(22)7-14(16)21)25-26-19(27)30-10-18(28)24-12-4-5-15(23)13(20)8-12/h3-8H,2,9-10H2,1H3,(H,24,28). The van der Waals surface area contributed by atoms with Crippen molar-refractivity contribution in [3.05, 3.63) is 63.9 Å². The van der Waals surface area contributed by atoms with E-state index in [0.29, 0.717) is 29.0 Å². The Kier molecular flexibility index (Phi) is 7.52. The second-order valence-electron chi connectivity index (χ2n) is 5.97. The van der Waals surface area contributed by atoms with Crippen molar-refractivity contribution in [2.24, 2.45) is 0 Å². The lowest BCUT2D eigenvalue weighted by Crippen LogP contribution is -2.15. The highest BCUT2D eigenvalue weighted by Crippen LogP contribution is 2.26. The van der Waals surface area contributed by atoms with Crippen LogP contribution in [0.4, 0.5) is 14.5 Å². The van der Waals surface area contributed by atoms with Crippen LogP contribution in [0.5, 0.6) is 5.75 Å². The van der Waals surface area contributed by atoms with Crippen molar-refractivity contribution in [2.75, 3.05) is 11.1 Å². The molecule has 0 bridgehead atoms. The molecule has 2 aromatic carbocycles. The van der Waals surface area contributed by atoms with Gasteiger partial charge in [0.25, 0.3) is 0 Å². The monoisotopic (exact) mass is 472 g/mol. The molecule has 0 aliphatic carbocycles. The molecule has 0 saturated heterocycles. The molecule has 1 amide bonds. The number of benzene rings is 2. The number of thioether (sulfide) groups is 1. The Morgan fingerprint density at radius 3 is 2.67 bits per heavy atom. The summed E-state index contributed by atoms with van der Waals surface area (Å²) in [4.78, 5) is 12.2. The second-order valence-corrected chi connectivity index (χ2v) is 7.73. The molecule has 0 spiro atoms. The zero-order valence-corrected chi connectivity index (χ0v) is 18.0. The summed E-state index contributed by atoms with van der Waals surface area (Å²) in [6.45, 7) is 2.54. The Labute approximate surface area is 185 Å². The van der Waals surface area contributed by atoms with Gasteiger partial charge in [0.15, 0.2) is 11.0 Å². The van der Waals surface area contributed by atoms with Gasteiger partial charge in [0.1, 0.15) is 24.0 Å². The summed E-state index contributed by atoms with van der Waals surface area (Å²) in [5.74, 6) is -0.385. The van der Waals surface area contributed by atoms with E-state index in [1.165, 1.54) is 42.1 Å². The molecule has 0 aliphatic heterocycles. The van der Waals surface area contributed by atoms with Crippen LogP contribution in [0.3, 0.4) is 0 Å². The van der Waals surface area contributed by atoms with Crippen LogP contribution < -0.4 is 10.1 Å². The number of amides is 1. The van der Waals surface area contributed by atoms with Gasteiger partial charge in [-0.25, -0.2) is 8.78 Å². The van der Waals surface area contributed by atoms with Crippen molar-refractivity contribution in [1.82, 2.24) is 14.8 Å². The summed E-state index contributed by atoms with van der Waals surface area (Å²) in [5, 5.41) is 11.4. The van der Waals surface area contributed by atoms with E-state index in [2.05, 4.69) is 15.5 Å².